The second kappa shape index (κ2) is 9.25. The average Bonchev–Trinajstić information content (AvgIpc) is 3.00. The summed E-state index contributed by atoms with van der Waals surface area (Å²) in [5, 5.41) is 3.48. The van der Waals surface area contributed by atoms with Crippen molar-refractivity contribution in [3.8, 4) is 0 Å². The van der Waals surface area contributed by atoms with Gasteiger partial charge in [-0.25, -0.2) is 4.79 Å². The van der Waals surface area contributed by atoms with Crippen LogP contribution in [-0.2, 0) is 24.7 Å². The van der Waals surface area contributed by atoms with Gasteiger partial charge in [-0.15, -0.1) is 0 Å². The molecule has 2 heterocycles. The molecule has 2 aliphatic heterocycles. The van der Waals surface area contributed by atoms with Crippen molar-refractivity contribution >= 4 is 23.8 Å². The molecule has 0 aliphatic carbocycles. The van der Waals surface area contributed by atoms with Crippen LogP contribution in [0.15, 0.2) is 30.3 Å². The van der Waals surface area contributed by atoms with Crippen molar-refractivity contribution in [2.75, 3.05) is 26.2 Å². The summed E-state index contributed by atoms with van der Waals surface area (Å²) < 4.78 is 5.08. The number of nitrogens with zero attached hydrogens (tertiary/aromatic N) is 2. The van der Waals surface area contributed by atoms with E-state index in [0.717, 1.165) is 17.9 Å². The number of esters is 1. The summed E-state index contributed by atoms with van der Waals surface area (Å²) in [5.41, 5.74) is 1.89. The van der Waals surface area contributed by atoms with E-state index in [-0.39, 0.29) is 18.4 Å². The molecule has 2 N–H and O–H groups in total. The molecule has 1 aromatic rings. The van der Waals surface area contributed by atoms with Crippen LogP contribution in [0.3, 0.4) is 0 Å². The van der Waals surface area contributed by atoms with Crippen molar-refractivity contribution in [2.24, 2.45) is 5.92 Å². The first kappa shape index (κ1) is 21.8. The predicted octanol–water partition coefficient (Wildman–Crippen LogP) is 1.15. The van der Waals surface area contributed by atoms with Gasteiger partial charge in [0.25, 0.3) is 11.8 Å². The van der Waals surface area contributed by atoms with Crippen LogP contribution in [-0.4, -0.2) is 60.0 Å². The summed E-state index contributed by atoms with van der Waals surface area (Å²) in [4.78, 5) is 51.9. The smallest absolute Gasteiger partial charge is 0.344 e. The standard InChI is InChI=1S/C21H28N4O5/c1-3-21(16-10-6-5-7-11-16)19(28)25(20(29)22-21)23-17(26)14-24-12-8-9-15(13-24)18(27)30-4-2/h5-7,10-11,15H,3-4,8-9,12-14H2,1-2H3,(H,22,29)(H,23,26)/t15-,21+/m0/s1. The number of hydrogen-bond acceptors (Lipinski definition) is 6. The number of rotatable bonds is 7. The third-order valence-electron chi connectivity index (χ3n) is 5.62. The van der Waals surface area contributed by atoms with E-state index < -0.39 is 23.4 Å². The Kier molecular flexibility index (Phi) is 6.71. The quantitative estimate of drug-likeness (QED) is 0.510. The molecule has 0 radical (unpaired) electrons. The molecule has 0 spiro atoms. The van der Waals surface area contributed by atoms with Crippen LogP contribution in [0.4, 0.5) is 4.79 Å². The lowest BCUT2D eigenvalue weighted by atomic mass is 9.87. The van der Waals surface area contributed by atoms with Gasteiger partial charge in [-0.3, -0.25) is 24.7 Å². The Labute approximate surface area is 175 Å². The second-order valence-electron chi connectivity index (χ2n) is 7.56. The molecule has 162 valence electrons. The van der Waals surface area contributed by atoms with Gasteiger partial charge in [-0.1, -0.05) is 37.3 Å². The normalized spacial score (nSPS) is 24.5. The molecule has 2 saturated heterocycles. The fourth-order valence-electron chi connectivity index (χ4n) is 4.05. The van der Waals surface area contributed by atoms with Crippen molar-refractivity contribution in [1.29, 1.82) is 0 Å². The molecule has 3 rings (SSSR count). The fraction of sp³-hybridized carbons (Fsp3) is 0.524. The molecule has 2 atom stereocenters. The molecule has 2 fully saturated rings. The number of benzene rings is 1. The number of piperidine rings is 1. The number of likely N-dealkylation sites (tertiary alicyclic amines) is 1. The molecule has 0 saturated carbocycles. The van der Waals surface area contributed by atoms with Gasteiger partial charge in [0.2, 0.25) is 0 Å². The molecule has 0 bridgehead atoms. The highest BCUT2D eigenvalue weighted by molar-refractivity contribution is 6.08. The van der Waals surface area contributed by atoms with E-state index >= 15 is 0 Å². The van der Waals surface area contributed by atoms with Crippen LogP contribution in [0, 0.1) is 5.92 Å². The SMILES string of the molecule is CCOC(=O)[C@H]1CCCN(CC(=O)NN2C(=O)N[C@](CC)(c3ccccc3)C2=O)C1. The molecular weight excluding hydrogens is 388 g/mol. The molecule has 1 aromatic carbocycles. The molecular formula is C21H28N4O5. The van der Waals surface area contributed by atoms with Gasteiger partial charge in [0, 0.05) is 6.54 Å². The number of urea groups is 1. The maximum absolute atomic E-state index is 13.1. The summed E-state index contributed by atoms with van der Waals surface area (Å²) in [6.45, 7) is 4.94. The minimum Gasteiger partial charge on any atom is -0.466 e. The van der Waals surface area contributed by atoms with Gasteiger partial charge in [-0.2, -0.15) is 5.01 Å². The Bertz CT molecular complexity index is 815. The zero-order valence-corrected chi connectivity index (χ0v) is 17.3. The Morgan fingerprint density at radius 2 is 1.97 bits per heavy atom. The molecule has 9 heteroatoms. The molecule has 9 nitrogen and oxygen atoms in total. The Balaban J connectivity index is 1.63. The number of imide groups is 1. The zero-order chi connectivity index (χ0) is 21.7. The van der Waals surface area contributed by atoms with E-state index in [9.17, 15) is 19.2 Å². The lowest BCUT2D eigenvalue weighted by Crippen LogP contribution is -2.52. The molecule has 0 unspecified atom stereocenters. The number of hydrazine groups is 1. The van der Waals surface area contributed by atoms with E-state index in [4.69, 9.17) is 4.74 Å². The number of nitrogens with one attached hydrogen (secondary N) is 2. The first-order valence-electron chi connectivity index (χ1n) is 10.3. The highest BCUT2D eigenvalue weighted by Gasteiger charge is 2.52. The predicted molar refractivity (Wildman–Crippen MR) is 108 cm³/mol. The monoisotopic (exact) mass is 416 g/mol. The van der Waals surface area contributed by atoms with Crippen molar-refractivity contribution in [2.45, 2.75) is 38.6 Å². The number of carbonyl (C=O) groups is 4. The maximum atomic E-state index is 13.1. The van der Waals surface area contributed by atoms with Crippen LogP contribution >= 0.6 is 0 Å². The first-order valence-corrected chi connectivity index (χ1v) is 10.3. The lowest BCUT2D eigenvalue weighted by Gasteiger charge is -2.31. The third kappa shape index (κ3) is 4.30. The number of amides is 4. The van der Waals surface area contributed by atoms with Crippen molar-refractivity contribution in [1.82, 2.24) is 20.7 Å². The Morgan fingerprint density at radius 1 is 1.23 bits per heavy atom. The van der Waals surface area contributed by atoms with E-state index in [0.29, 0.717) is 31.7 Å². The average molecular weight is 416 g/mol. The van der Waals surface area contributed by atoms with Crippen LogP contribution < -0.4 is 10.7 Å². The summed E-state index contributed by atoms with van der Waals surface area (Å²) >= 11 is 0. The van der Waals surface area contributed by atoms with Crippen molar-refractivity contribution in [3.63, 3.8) is 0 Å². The largest absolute Gasteiger partial charge is 0.466 e. The summed E-state index contributed by atoms with van der Waals surface area (Å²) in [6.07, 6.45) is 1.84. The van der Waals surface area contributed by atoms with E-state index in [1.165, 1.54) is 0 Å². The lowest BCUT2D eigenvalue weighted by molar-refractivity contribution is -0.150. The maximum Gasteiger partial charge on any atom is 0.344 e. The van der Waals surface area contributed by atoms with Gasteiger partial charge in [0.1, 0.15) is 5.54 Å². The third-order valence-corrected chi connectivity index (χ3v) is 5.62. The Morgan fingerprint density at radius 3 is 2.63 bits per heavy atom. The second-order valence-corrected chi connectivity index (χ2v) is 7.56. The first-order chi connectivity index (χ1) is 14.4. The summed E-state index contributed by atoms with van der Waals surface area (Å²) in [5.74, 6) is -1.53. The minimum atomic E-state index is -1.20. The number of ether oxygens (including phenoxy) is 1. The highest BCUT2D eigenvalue weighted by atomic mass is 16.5. The molecule has 4 amide bonds. The van der Waals surface area contributed by atoms with Gasteiger partial charge >= 0.3 is 12.0 Å². The van der Waals surface area contributed by atoms with Crippen molar-refractivity contribution in [3.05, 3.63) is 35.9 Å². The fourth-order valence-corrected chi connectivity index (χ4v) is 4.05. The van der Waals surface area contributed by atoms with Crippen LogP contribution in [0.25, 0.3) is 0 Å². The summed E-state index contributed by atoms with van der Waals surface area (Å²) in [6, 6.07) is 8.30. The van der Waals surface area contributed by atoms with E-state index in [2.05, 4.69) is 10.7 Å². The van der Waals surface area contributed by atoms with Crippen LogP contribution in [0.1, 0.15) is 38.7 Å². The van der Waals surface area contributed by atoms with E-state index in [1.807, 2.05) is 11.0 Å². The van der Waals surface area contributed by atoms with Crippen LogP contribution in [0.2, 0.25) is 0 Å². The minimum absolute atomic E-state index is 0.0164. The zero-order valence-electron chi connectivity index (χ0n) is 17.3. The van der Waals surface area contributed by atoms with Gasteiger partial charge < -0.3 is 10.1 Å². The molecule has 0 aromatic heterocycles. The van der Waals surface area contributed by atoms with Gasteiger partial charge in [0.05, 0.1) is 19.1 Å². The van der Waals surface area contributed by atoms with Crippen molar-refractivity contribution < 1.29 is 23.9 Å². The summed E-state index contributed by atoms with van der Waals surface area (Å²) in [7, 11) is 0. The van der Waals surface area contributed by atoms with Gasteiger partial charge in [0.15, 0.2) is 0 Å². The van der Waals surface area contributed by atoms with Crippen LogP contribution in [0.5, 0.6) is 0 Å². The number of carbonyl (C=O) groups excluding carboxylic acids is 4. The molecule has 2 aliphatic rings. The Hall–Kier alpha value is -2.94. The van der Waals surface area contributed by atoms with Gasteiger partial charge in [-0.05, 0) is 38.3 Å². The topological polar surface area (TPSA) is 108 Å². The highest BCUT2D eigenvalue weighted by Crippen LogP contribution is 2.31. The molecule has 30 heavy (non-hydrogen) atoms. The van der Waals surface area contributed by atoms with E-state index in [1.54, 1.807) is 38.1 Å². The number of hydrogen-bond donors (Lipinski definition) is 2.